The van der Waals surface area contributed by atoms with Gasteiger partial charge in [0.1, 0.15) is 16.9 Å². The first-order valence-electron chi connectivity index (χ1n) is 48.2. The maximum absolute atomic E-state index is 14.9. The molecule has 10 heterocycles. The van der Waals surface area contributed by atoms with Crippen molar-refractivity contribution in [2.45, 2.75) is 0 Å². The molecule has 0 spiro atoms. The lowest BCUT2D eigenvalue weighted by molar-refractivity contribution is 0.592. The van der Waals surface area contributed by atoms with Crippen molar-refractivity contribution in [3.8, 4) is 78.7 Å². The molecule has 0 aliphatic carbocycles. The van der Waals surface area contributed by atoms with Crippen LogP contribution in [0.2, 0.25) is 0 Å². The summed E-state index contributed by atoms with van der Waals surface area (Å²) in [6.07, 6.45) is 5.59. The second-order valence-corrected chi connectivity index (χ2v) is 39.0. The van der Waals surface area contributed by atoms with E-state index in [1.54, 1.807) is 0 Å². The van der Waals surface area contributed by atoms with Gasteiger partial charge in [0.15, 0.2) is 24.6 Å². The van der Waals surface area contributed by atoms with Crippen molar-refractivity contribution in [2.75, 3.05) is 4.90 Å². The number of hydrogen-bond acceptors (Lipinski definition) is 11. The van der Waals surface area contributed by atoms with Crippen LogP contribution >= 0.6 is 7.14 Å². The lowest BCUT2D eigenvalue weighted by atomic mass is 9.98. The summed E-state index contributed by atoms with van der Waals surface area (Å²) in [6, 6.07) is 166. The molecular weight excluding hydrogens is 1780 g/mol. The van der Waals surface area contributed by atoms with Gasteiger partial charge in [-0.3, -0.25) is 28.2 Å². The summed E-state index contributed by atoms with van der Waals surface area (Å²) in [5.41, 5.74) is 30.3. The molecule has 0 saturated carbocycles. The van der Waals surface area contributed by atoms with Crippen molar-refractivity contribution in [1.29, 1.82) is 0 Å². The molecule has 10 aromatic heterocycles. The summed E-state index contributed by atoms with van der Waals surface area (Å²) in [5.74, 6) is 1.93. The van der Waals surface area contributed by atoms with Gasteiger partial charge in [-0.25, -0.2) is 29.9 Å². The lowest BCUT2D eigenvalue weighted by Crippen LogP contribution is -2.24. The first-order chi connectivity index (χ1) is 71.3. The molecule has 15 heteroatoms. The van der Waals surface area contributed by atoms with Gasteiger partial charge < -0.3 is 9.46 Å². The third-order valence-corrected chi connectivity index (χ3v) is 31.0. The third-order valence-electron chi connectivity index (χ3n) is 27.9. The van der Waals surface area contributed by atoms with Gasteiger partial charge >= 0.3 is 0 Å². The molecule has 14 nitrogen and oxygen atoms in total. The Kier molecular flexibility index (Phi) is 20.5. The zero-order valence-corrected chi connectivity index (χ0v) is 78.4. The summed E-state index contributed by atoms with van der Waals surface area (Å²) >= 11 is 0. The summed E-state index contributed by atoms with van der Waals surface area (Å²) in [4.78, 5) is 47.0. The van der Waals surface area contributed by atoms with Crippen LogP contribution in [0, 0.1) is 0 Å². The van der Waals surface area contributed by atoms with Gasteiger partial charge in [0, 0.05) is 101 Å². The van der Waals surface area contributed by atoms with Crippen molar-refractivity contribution >= 4 is 188 Å². The van der Waals surface area contributed by atoms with Crippen LogP contribution in [-0.4, -0.2) is 58.1 Å². The van der Waals surface area contributed by atoms with Gasteiger partial charge in [-0.1, -0.05) is 358 Å². The number of nitrogens with zero attached hydrogens (tertiary/aromatic N) is 13. The van der Waals surface area contributed by atoms with Crippen LogP contribution in [0.15, 0.2) is 498 Å². The number of para-hydroxylation sites is 6. The van der Waals surface area contributed by atoms with Crippen molar-refractivity contribution in [3.63, 3.8) is 0 Å². The molecule has 0 N–H and O–H groups in total. The highest BCUT2D eigenvalue weighted by Gasteiger charge is 2.31. The molecule has 19 aromatic carbocycles. The number of anilines is 3. The maximum Gasteiger partial charge on any atom is 0.171 e. The van der Waals surface area contributed by atoms with Gasteiger partial charge in [0.25, 0.3) is 0 Å². The molecular formula is C129H82N13OP. The zero-order chi connectivity index (χ0) is 95.3. The minimum Gasteiger partial charge on any atom is -0.310 e. The predicted octanol–water partition coefficient (Wildman–Crippen LogP) is 31.0. The molecule has 29 aromatic rings. The Morgan fingerprint density at radius 2 is 0.465 bits per heavy atom. The smallest absolute Gasteiger partial charge is 0.171 e. The minimum absolute atomic E-state index is 0.637. The van der Waals surface area contributed by atoms with E-state index in [4.69, 9.17) is 44.9 Å². The molecule has 29 rings (SSSR count). The van der Waals surface area contributed by atoms with E-state index in [0.717, 1.165) is 220 Å². The van der Waals surface area contributed by atoms with E-state index in [1.807, 2.05) is 182 Å². The molecule has 0 aliphatic heterocycles. The van der Waals surface area contributed by atoms with Gasteiger partial charge in [0.2, 0.25) is 0 Å². The standard InChI is InChI=1S/C46H30N4.C43H26N6.C40H26N3OP/c1-3-10-31(11-4-1)33-17-22-36(23-18-33)49(37-24-19-34(20-25-37)32-12-5-2-6-13-32)38-26-28-42-40(30-38)39-27-21-35-14-9-29-47-45(35)44(39)46-48-41-15-7-8-16-43(41)50(42)46;1-3-10-29(11-4-1)40-46-41(30-12-5-2-6-13-30)48-42(47-40)31-19-17-27(18-20-31)32-22-24-36-34(26-32)33-23-21-28-14-9-25-44-39(28)38(33)43-45-35-15-7-8-16-37(35)49(36)43;44-45(30-11-3-1-4-12-30,31-13-5-2-6-14-31)32-21-17-27(18-22-32)29-20-24-36-34(26-29)33-23-19-28-10-9-25-41-39(28)38(33)40-42-35-15-7-8-16-37(35)43(36)40/h1-30H;1-26H;1-26H. The van der Waals surface area contributed by atoms with Crippen LogP contribution in [0.1, 0.15) is 0 Å². The fraction of sp³-hybridized carbons (Fsp3) is 0. The van der Waals surface area contributed by atoms with Crippen LogP contribution in [0.4, 0.5) is 17.1 Å². The molecule has 0 amide bonds. The SMILES string of the molecule is O=P(c1ccccc1)(c1ccccc1)c1ccc(-c2ccc3c(c2)c2ccc4cccnc4c2c2nc4ccccc4n32)cc1.c1ccc(-c2ccc(N(c3ccc(-c4ccccc4)cc3)c3ccc4c(c3)c3ccc5cccnc5c3c3nc5ccccc5n43)cc2)cc1.c1ccc(-c2nc(-c3ccccc3)nc(-c3ccc(-c4ccc5c(c4)c4ccc6cccnc6c4c4nc6ccccc6n54)cc3)n2)cc1. The van der Waals surface area contributed by atoms with Crippen molar-refractivity contribution in [3.05, 3.63) is 498 Å². The monoisotopic (exact) mass is 1860 g/mol. The highest BCUT2D eigenvalue weighted by atomic mass is 31.2. The molecule has 144 heavy (non-hydrogen) atoms. The summed E-state index contributed by atoms with van der Waals surface area (Å²) in [5, 5.41) is 15.8. The Morgan fingerprint density at radius 1 is 0.194 bits per heavy atom. The minimum atomic E-state index is -3.04. The fourth-order valence-electron chi connectivity index (χ4n) is 21.1. The quantitative estimate of drug-likeness (QED) is 0.0802. The van der Waals surface area contributed by atoms with Gasteiger partial charge in [-0.2, -0.15) is 0 Å². The average molecular weight is 1860 g/mol. The second-order valence-electron chi connectivity index (χ2n) is 36.2. The summed E-state index contributed by atoms with van der Waals surface area (Å²) in [6.45, 7) is 0. The molecule has 0 unspecified atom stereocenters. The highest BCUT2D eigenvalue weighted by Crippen LogP contribution is 2.48. The number of fused-ring (bicyclic) bond motifs is 30. The topological polar surface area (TPSA) is 150 Å². The first kappa shape index (κ1) is 84.2. The molecule has 0 atom stereocenters. The van der Waals surface area contributed by atoms with Crippen molar-refractivity contribution in [1.82, 2.24) is 58.1 Å². The van der Waals surface area contributed by atoms with Crippen LogP contribution < -0.4 is 20.8 Å². The van der Waals surface area contributed by atoms with Crippen LogP contribution in [-0.2, 0) is 4.57 Å². The number of aromatic nitrogens is 12. The first-order valence-corrected chi connectivity index (χ1v) is 49.9. The number of hydrogen-bond donors (Lipinski definition) is 0. The van der Waals surface area contributed by atoms with Gasteiger partial charge in [0.05, 0.1) is 82.4 Å². The highest BCUT2D eigenvalue weighted by molar-refractivity contribution is 7.85. The largest absolute Gasteiger partial charge is 0.310 e. The maximum atomic E-state index is 14.9. The molecule has 0 aliphatic rings. The van der Waals surface area contributed by atoms with Gasteiger partial charge in [-0.15, -0.1) is 0 Å². The van der Waals surface area contributed by atoms with E-state index in [2.05, 4.69) is 334 Å². The summed E-state index contributed by atoms with van der Waals surface area (Å²) in [7, 11) is -3.04. The van der Waals surface area contributed by atoms with E-state index in [1.165, 1.54) is 22.3 Å². The molecule has 674 valence electrons. The van der Waals surface area contributed by atoms with Crippen LogP contribution in [0.25, 0.3) is 226 Å². The van der Waals surface area contributed by atoms with Gasteiger partial charge in [-0.05, 0) is 182 Å². The molecule has 0 saturated heterocycles. The van der Waals surface area contributed by atoms with Crippen LogP contribution in [0.3, 0.4) is 0 Å². The fourth-order valence-corrected chi connectivity index (χ4v) is 23.7. The number of pyridine rings is 6. The second kappa shape index (κ2) is 35.1. The molecule has 0 bridgehead atoms. The number of rotatable bonds is 13. The number of benzene rings is 19. The van der Waals surface area contributed by atoms with E-state index < -0.39 is 7.14 Å². The number of imidazole rings is 3. The Balaban J connectivity index is 0.000000108. The predicted molar refractivity (Wildman–Crippen MR) is 595 cm³/mol. The van der Waals surface area contributed by atoms with Crippen LogP contribution in [0.5, 0.6) is 0 Å². The third kappa shape index (κ3) is 14.5. The van der Waals surface area contributed by atoms with E-state index in [-0.39, 0.29) is 0 Å². The molecule has 0 radical (unpaired) electrons. The van der Waals surface area contributed by atoms with Crippen molar-refractivity contribution < 1.29 is 4.57 Å². The van der Waals surface area contributed by atoms with E-state index in [9.17, 15) is 4.57 Å². The average Bonchev–Trinajstić information content (AvgIpc) is 1.52. The Morgan fingerprint density at radius 3 is 0.840 bits per heavy atom. The molecule has 0 fully saturated rings. The van der Waals surface area contributed by atoms with Crippen molar-refractivity contribution in [2.24, 2.45) is 0 Å². The normalized spacial score (nSPS) is 11.8. The summed E-state index contributed by atoms with van der Waals surface area (Å²) < 4.78 is 21.7. The Bertz CT molecular complexity index is 9980. The van der Waals surface area contributed by atoms with E-state index >= 15 is 0 Å². The van der Waals surface area contributed by atoms with E-state index in [0.29, 0.717) is 17.5 Å². The zero-order valence-electron chi connectivity index (χ0n) is 77.5. The lowest BCUT2D eigenvalue weighted by Gasteiger charge is -2.26. The Labute approximate surface area is 826 Å². The Hall–Kier alpha value is -19.1.